The molecule has 0 fully saturated rings. The lowest BCUT2D eigenvalue weighted by Crippen LogP contribution is -2.14. The highest BCUT2D eigenvalue weighted by molar-refractivity contribution is 7.92. The molecule has 0 amide bonds. The van der Waals surface area contributed by atoms with Crippen molar-refractivity contribution in [3.8, 4) is 0 Å². The van der Waals surface area contributed by atoms with E-state index in [1.165, 1.54) is 12.1 Å². The van der Waals surface area contributed by atoms with Crippen molar-refractivity contribution in [1.29, 1.82) is 0 Å². The van der Waals surface area contributed by atoms with Crippen molar-refractivity contribution in [1.82, 2.24) is 0 Å². The normalized spacial score (nSPS) is 11.1. The van der Waals surface area contributed by atoms with Gasteiger partial charge in [0, 0.05) is 5.56 Å². The average Bonchev–Trinajstić information content (AvgIpc) is 2.42. The van der Waals surface area contributed by atoms with Crippen molar-refractivity contribution in [2.45, 2.75) is 11.8 Å². The maximum atomic E-state index is 12.3. The van der Waals surface area contributed by atoms with E-state index in [2.05, 4.69) is 4.72 Å². The molecule has 110 valence electrons. The Morgan fingerprint density at radius 2 is 1.81 bits per heavy atom. The number of thiocarbonyl (C=S) groups is 1. The molecule has 0 aliphatic carbocycles. The van der Waals surface area contributed by atoms with Gasteiger partial charge in [-0.3, -0.25) is 4.72 Å². The number of benzene rings is 2. The fourth-order valence-corrected chi connectivity index (χ4v) is 3.26. The number of sulfonamides is 1. The van der Waals surface area contributed by atoms with Crippen LogP contribution in [-0.2, 0) is 10.0 Å². The summed E-state index contributed by atoms with van der Waals surface area (Å²) >= 11 is 10.9. The van der Waals surface area contributed by atoms with Crippen LogP contribution in [0, 0.1) is 6.92 Å². The number of anilines is 1. The monoisotopic (exact) mass is 340 g/mol. The molecule has 0 saturated heterocycles. The second kappa shape index (κ2) is 6.01. The predicted molar refractivity (Wildman–Crippen MR) is 89.3 cm³/mol. The first-order valence-electron chi connectivity index (χ1n) is 5.98. The Morgan fingerprint density at radius 1 is 1.19 bits per heavy atom. The van der Waals surface area contributed by atoms with E-state index < -0.39 is 10.0 Å². The van der Waals surface area contributed by atoms with E-state index in [9.17, 15) is 8.42 Å². The molecule has 2 rings (SSSR count). The summed E-state index contributed by atoms with van der Waals surface area (Å²) in [6, 6.07) is 11.1. The zero-order valence-corrected chi connectivity index (χ0v) is 13.5. The van der Waals surface area contributed by atoms with Crippen LogP contribution in [0.5, 0.6) is 0 Å². The Morgan fingerprint density at radius 3 is 2.33 bits per heavy atom. The third-order valence-electron chi connectivity index (χ3n) is 2.82. The van der Waals surface area contributed by atoms with E-state index in [-0.39, 0.29) is 9.88 Å². The number of nitrogens with two attached hydrogens (primary N) is 1. The van der Waals surface area contributed by atoms with Gasteiger partial charge in [0.15, 0.2) is 0 Å². The number of hydrogen-bond acceptors (Lipinski definition) is 3. The average molecular weight is 341 g/mol. The zero-order valence-electron chi connectivity index (χ0n) is 11.1. The van der Waals surface area contributed by atoms with E-state index in [0.717, 1.165) is 5.56 Å². The molecule has 0 heterocycles. The molecule has 0 spiro atoms. The summed E-state index contributed by atoms with van der Waals surface area (Å²) in [5.74, 6) is 0. The molecule has 0 aromatic heterocycles. The Kier molecular flexibility index (Phi) is 4.51. The van der Waals surface area contributed by atoms with Crippen molar-refractivity contribution in [2.75, 3.05) is 4.72 Å². The Balaban J connectivity index is 2.31. The zero-order chi connectivity index (χ0) is 15.6. The molecular formula is C14H13ClN2O2S2. The summed E-state index contributed by atoms with van der Waals surface area (Å²) in [5.41, 5.74) is 7.37. The van der Waals surface area contributed by atoms with E-state index in [4.69, 9.17) is 29.6 Å². The molecule has 0 unspecified atom stereocenters. The molecule has 0 bridgehead atoms. The molecule has 2 aromatic carbocycles. The van der Waals surface area contributed by atoms with Crippen molar-refractivity contribution in [2.24, 2.45) is 5.73 Å². The Bertz CT molecular complexity index is 787. The highest BCUT2D eigenvalue weighted by Crippen LogP contribution is 2.25. The quantitative estimate of drug-likeness (QED) is 0.839. The van der Waals surface area contributed by atoms with Gasteiger partial charge in [-0.05, 0) is 36.8 Å². The van der Waals surface area contributed by atoms with Crippen LogP contribution >= 0.6 is 23.8 Å². The molecule has 0 radical (unpaired) electrons. The lowest BCUT2D eigenvalue weighted by molar-refractivity contribution is 0.601. The van der Waals surface area contributed by atoms with Gasteiger partial charge in [-0.1, -0.05) is 42.0 Å². The molecule has 7 heteroatoms. The van der Waals surface area contributed by atoms with Crippen LogP contribution in [0.3, 0.4) is 0 Å². The first-order valence-corrected chi connectivity index (χ1v) is 8.25. The van der Waals surface area contributed by atoms with Gasteiger partial charge >= 0.3 is 0 Å². The molecule has 0 saturated carbocycles. The molecule has 0 aliphatic heterocycles. The van der Waals surface area contributed by atoms with Crippen molar-refractivity contribution in [3.63, 3.8) is 0 Å². The van der Waals surface area contributed by atoms with E-state index in [1.54, 1.807) is 30.3 Å². The third kappa shape index (κ3) is 3.72. The standard InChI is InChI=1S/C14H13ClN2O2S2/c1-9-2-7-13(12(15)8-9)17-21(18,19)11-5-3-10(4-6-11)14(16)20/h2-8,17H,1H3,(H2,16,20). The minimum Gasteiger partial charge on any atom is -0.389 e. The highest BCUT2D eigenvalue weighted by Gasteiger charge is 2.15. The Labute approximate surface area is 134 Å². The number of nitrogens with one attached hydrogen (secondary N) is 1. The first-order chi connectivity index (χ1) is 9.79. The van der Waals surface area contributed by atoms with E-state index in [0.29, 0.717) is 16.3 Å². The number of halogens is 1. The summed E-state index contributed by atoms with van der Waals surface area (Å²) in [6.45, 7) is 1.87. The largest absolute Gasteiger partial charge is 0.389 e. The van der Waals surface area contributed by atoms with Crippen LogP contribution in [0.15, 0.2) is 47.4 Å². The van der Waals surface area contributed by atoms with Gasteiger partial charge in [-0.2, -0.15) is 0 Å². The fraction of sp³-hybridized carbons (Fsp3) is 0.0714. The first kappa shape index (κ1) is 15.8. The SMILES string of the molecule is Cc1ccc(NS(=O)(=O)c2ccc(C(N)=S)cc2)c(Cl)c1. The molecule has 2 aromatic rings. The van der Waals surface area contributed by atoms with Gasteiger partial charge in [-0.25, -0.2) is 8.42 Å². The van der Waals surface area contributed by atoms with E-state index in [1.807, 2.05) is 6.92 Å². The van der Waals surface area contributed by atoms with Gasteiger partial charge in [0.1, 0.15) is 4.99 Å². The summed E-state index contributed by atoms with van der Waals surface area (Å²) in [4.78, 5) is 0.327. The van der Waals surface area contributed by atoms with Gasteiger partial charge < -0.3 is 5.73 Å². The van der Waals surface area contributed by atoms with Crippen LogP contribution < -0.4 is 10.5 Å². The smallest absolute Gasteiger partial charge is 0.261 e. The summed E-state index contributed by atoms with van der Waals surface area (Å²) in [6.07, 6.45) is 0. The third-order valence-corrected chi connectivity index (χ3v) is 4.75. The Hall–Kier alpha value is -1.63. The summed E-state index contributed by atoms with van der Waals surface area (Å²) < 4.78 is 27.0. The minimum atomic E-state index is -3.71. The number of hydrogen-bond donors (Lipinski definition) is 2. The lowest BCUT2D eigenvalue weighted by atomic mass is 10.2. The second-order valence-corrected chi connectivity index (χ2v) is 7.01. The predicted octanol–water partition coefficient (Wildman–Crippen LogP) is 3.08. The van der Waals surface area contributed by atoms with E-state index >= 15 is 0 Å². The van der Waals surface area contributed by atoms with Gasteiger partial charge in [-0.15, -0.1) is 0 Å². The maximum Gasteiger partial charge on any atom is 0.261 e. The number of aryl methyl sites for hydroxylation is 1. The lowest BCUT2D eigenvalue weighted by Gasteiger charge is -2.10. The van der Waals surface area contributed by atoms with Crippen molar-refractivity contribution in [3.05, 3.63) is 58.6 Å². The minimum absolute atomic E-state index is 0.110. The summed E-state index contributed by atoms with van der Waals surface area (Å²) in [5, 5.41) is 0.346. The highest BCUT2D eigenvalue weighted by atomic mass is 35.5. The molecule has 0 atom stereocenters. The molecule has 4 nitrogen and oxygen atoms in total. The second-order valence-electron chi connectivity index (χ2n) is 4.48. The molecule has 21 heavy (non-hydrogen) atoms. The van der Waals surface area contributed by atoms with Gasteiger partial charge in [0.25, 0.3) is 10.0 Å². The van der Waals surface area contributed by atoms with Gasteiger partial charge in [0.2, 0.25) is 0 Å². The molecule has 3 N–H and O–H groups in total. The maximum absolute atomic E-state index is 12.3. The van der Waals surface area contributed by atoms with Crippen molar-refractivity contribution >= 4 is 44.5 Å². The van der Waals surface area contributed by atoms with Crippen LogP contribution in [-0.4, -0.2) is 13.4 Å². The fourth-order valence-electron chi connectivity index (χ4n) is 1.70. The molecule has 0 aliphatic rings. The summed E-state index contributed by atoms with van der Waals surface area (Å²) in [7, 11) is -3.71. The van der Waals surface area contributed by atoms with Crippen LogP contribution in [0.2, 0.25) is 5.02 Å². The molecular weight excluding hydrogens is 328 g/mol. The van der Waals surface area contributed by atoms with Crippen LogP contribution in [0.25, 0.3) is 0 Å². The van der Waals surface area contributed by atoms with Crippen molar-refractivity contribution < 1.29 is 8.42 Å². The van der Waals surface area contributed by atoms with Gasteiger partial charge in [0.05, 0.1) is 15.6 Å². The topological polar surface area (TPSA) is 72.2 Å². The number of rotatable bonds is 4. The van der Waals surface area contributed by atoms with Crippen LogP contribution in [0.4, 0.5) is 5.69 Å². The van der Waals surface area contributed by atoms with Crippen LogP contribution in [0.1, 0.15) is 11.1 Å².